The lowest BCUT2D eigenvalue weighted by Crippen LogP contribution is -2.22. The third kappa shape index (κ3) is 4.05. The monoisotopic (exact) mass is 413 g/mol. The van der Waals surface area contributed by atoms with Crippen molar-refractivity contribution >= 4 is 23.1 Å². The van der Waals surface area contributed by atoms with E-state index in [1.807, 2.05) is 14.1 Å². The first-order valence-electron chi connectivity index (χ1n) is 10.5. The molecule has 0 saturated carbocycles. The van der Waals surface area contributed by atoms with Gasteiger partial charge in [-0.25, -0.2) is 9.78 Å². The molecule has 0 amide bonds. The molecule has 2 aromatic heterocycles. The van der Waals surface area contributed by atoms with Crippen molar-refractivity contribution in [1.82, 2.24) is 9.88 Å². The Hall–Kier alpha value is -1.92. The molecule has 0 radical (unpaired) electrons. The van der Waals surface area contributed by atoms with Crippen LogP contribution >= 0.6 is 11.3 Å². The minimum atomic E-state index is -0.811. The quantitative estimate of drug-likeness (QED) is 0.771. The van der Waals surface area contributed by atoms with Crippen molar-refractivity contribution in [3.63, 3.8) is 0 Å². The van der Waals surface area contributed by atoms with Crippen LogP contribution in [0.25, 0.3) is 10.4 Å². The molecule has 1 N–H and O–H groups in total. The Morgan fingerprint density at radius 1 is 1.28 bits per heavy atom. The zero-order valence-corrected chi connectivity index (χ0v) is 18.7. The van der Waals surface area contributed by atoms with E-state index < -0.39 is 5.97 Å². The highest BCUT2D eigenvalue weighted by atomic mass is 32.1. The molecule has 6 heteroatoms. The molecule has 1 aliphatic carbocycles. The molecule has 2 aromatic rings. The first kappa shape index (κ1) is 20.4. The van der Waals surface area contributed by atoms with E-state index in [1.54, 1.807) is 11.3 Å². The van der Waals surface area contributed by atoms with Gasteiger partial charge in [0.05, 0.1) is 16.1 Å². The van der Waals surface area contributed by atoms with Crippen LogP contribution in [0.15, 0.2) is 12.1 Å². The summed E-state index contributed by atoms with van der Waals surface area (Å²) in [5.74, 6) is 0.206. The Balaban J connectivity index is 1.83. The average Bonchev–Trinajstić information content (AvgIpc) is 3.27. The summed E-state index contributed by atoms with van der Waals surface area (Å²) >= 11 is 1.67. The first-order chi connectivity index (χ1) is 13.7. The molecule has 0 bridgehead atoms. The second-order valence-electron chi connectivity index (χ2n) is 9.45. The van der Waals surface area contributed by atoms with Crippen LogP contribution in [0.1, 0.15) is 59.6 Å². The van der Waals surface area contributed by atoms with Crippen molar-refractivity contribution < 1.29 is 9.90 Å². The Morgan fingerprint density at radius 3 is 2.66 bits per heavy atom. The number of carboxylic acid groups (broad SMARTS) is 1. The van der Waals surface area contributed by atoms with Crippen LogP contribution in [0, 0.1) is 5.41 Å². The van der Waals surface area contributed by atoms with Gasteiger partial charge < -0.3 is 14.9 Å². The topological polar surface area (TPSA) is 56.7 Å². The Labute approximate surface area is 177 Å². The second kappa shape index (κ2) is 7.73. The van der Waals surface area contributed by atoms with E-state index in [9.17, 15) is 9.90 Å². The van der Waals surface area contributed by atoms with Gasteiger partial charge in [-0.3, -0.25) is 0 Å². The summed E-state index contributed by atoms with van der Waals surface area (Å²) in [6, 6.07) is 4.18. The van der Waals surface area contributed by atoms with Gasteiger partial charge in [-0.05, 0) is 69.3 Å². The number of thiophene rings is 1. The number of anilines is 1. The minimum absolute atomic E-state index is 0.153. The molecular formula is C23H31N3O2S. The van der Waals surface area contributed by atoms with Gasteiger partial charge in [-0.2, -0.15) is 0 Å². The predicted octanol–water partition coefficient (Wildman–Crippen LogP) is 4.69. The van der Waals surface area contributed by atoms with Crippen molar-refractivity contribution in [3.05, 3.63) is 33.8 Å². The van der Waals surface area contributed by atoms with Crippen LogP contribution in [0.5, 0.6) is 0 Å². The van der Waals surface area contributed by atoms with E-state index in [4.69, 9.17) is 4.98 Å². The van der Waals surface area contributed by atoms with Crippen molar-refractivity contribution in [2.75, 3.05) is 32.1 Å². The van der Waals surface area contributed by atoms with Crippen molar-refractivity contribution in [1.29, 1.82) is 0 Å². The molecule has 3 heterocycles. The fraction of sp³-hybridized carbons (Fsp3) is 0.565. The number of pyridine rings is 1. The average molecular weight is 414 g/mol. The first-order valence-corrected chi connectivity index (χ1v) is 11.3. The standard InChI is InChI=1S/C23H31N3O2S/c1-23(2)10-9-18-16(13-23)20(22(27)28)21(29-18)15-7-8-19(26-11-5-6-12-26)24-17(15)14-25(3)4/h7-8H,5-6,9-14H2,1-4H3,(H,27,28). The summed E-state index contributed by atoms with van der Waals surface area (Å²) in [6.07, 6.45) is 5.33. The predicted molar refractivity (Wildman–Crippen MR) is 119 cm³/mol. The number of aromatic carboxylic acids is 1. The molecule has 2 aliphatic rings. The van der Waals surface area contributed by atoms with Gasteiger partial charge in [0.2, 0.25) is 0 Å². The molecule has 1 aliphatic heterocycles. The highest BCUT2D eigenvalue weighted by molar-refractivity contribution is 7.16. The van der Waals surface area contributed by atoms with Crippen molar-refractivity contribution in [2.24, 2.45) is 5.41 Å². The van der Waals surface area contributed by atoms with Gasteiger partial charge in [0.25, 0.3) is 0 Å². The SMILES string of the molecule is CN(C)Cc1nc(N2CCCC2)ccc1-c1sc2c(c1C(=O)O)CC(C)(C)CC2. The van der Waals surface area contributed by atoms with Gasteiger partial charge >= 0.3 is 5.97 Å². The van der Waals surface area contributed by atoms with Crippen molar-refractivity contribution in [2.45, 2.75) is 52.5 Å². The number of fused-ring (bicyclic) bond motifs is 1. The largest absolute Gasteiger partial charge is 0.478 e. The van der Waals surface area contributed by atoms with E-state index in [0.29, 0.717) is 12.1 Å². The number of hydrogen-bond acceptors (Lipinski definition) is 5. The number of aryl methyl sites for hydroxylation is 1. The number of rotatable bonds is 5. The summed E-state index contributed by atoms with van der Waals surface area (Å²) in [4.78, 5) is 23.9. The molecule has 4 rings (SSSR count). The molecule has 156 valence electrons. The van der Waals surface area contributed by atoms with E-state index in [0.717, 1.165) is 59.9 Å². The molecule has 0 unspecified atom stereocenters. The van der Waals surface area contributed by atoms with Crippen molar-refractivity contribution in [3.8, 4) is 10.4 Å². The maximum Gasteiger partial charge on any atom is 0.337 e. The molecule has 5 nitrogen and oxygen atoms in total. The zero-order chi connectivity index (χ0) is 20.8. The zero-order valence-electron chi connectivity index (χ0n) is 17.9. The molecule has 0 atom stereocenters. The molecule has 1 saturated heterocycles. The minimum Gasteiger partial charge on any atom is -0.478 e. The maximum absolute atomic E-state index is 12.3. The lowest BCUT2D eigenvalue weighted by atomic mass is 9.76. The number of hydrogen-bond donors (Lipinski definition) is 1. The van der Waals surface area contributed by atoms with Gasteiger partial charge in [0, 0.05) is 30.1 Å². The Kier molecular flexibility index (Phi) is 5.42. The summed E-state index contributed by atoms with van der Waals surface area (Å²) < 4.78 is 0. The molecule has 29 heavy (non-hydrogen) atoms. The number of aromatic nitrogens is 1. The van der Waals surface area contributed by atoms with Crippen LogP contribution in [-0.2, 0) is 19.4 Å². The molecule has 0 spiro atoms. The normalized spacial score (nSPS) is 18.3. The van der Waals surface area contributed by atoms with Crippen LogP contribution < -0.4 is 4.90 Å². The Bertz CT molecular complexity index is 926. The highest BCUT2D eigenvalue weighted by Crippen LogP contribution is 2.46. The summed E-state index contributed by atoms with van der Waals surface area (Å²) in [5, 5.41) is 10.1. The van der Waals surface area contributed by atoms with Gasteiger partial charge in [-0.1, -0.05) is 13.8 Å². The summed E-state index contributed by atoms with van der Waals surface area (Å²) in [5.41, 5.74) is 3.66. The lowest BCUT2D eigenvalue weighted by Gasteiger charge is -2.29. The van der Waals surface area contributed by atoms with Crippen LogP contribution in [0.3, 0.4) is 0 Å². The fourth-order valence-electron chi connectivity index (χ4n) is 4.57. The van der Waals surface area contributed by atoms with Gasteiger partial charge in [-0.15, -0.1) is 11.3 Å². The summed E-state index contributed by atoms with van der Waals surface area (Å²) in [6.45, 7) is 7.28. The number of carbonyl (C=O) groups is 1. The number of carboxylic acids is 1. The highest BCUT2D eigenvalue weighted by Gasteiger charge is 2.33. The number of nitrogens with zero attached hydrogens (tertiary/aromatic N) is 3. The Morgan fingerprint density at radius 2 is 2.00 bits per heavy atom. The van der Waals surface area contributed by atoms with Crippen LogP contribution in [0.2, 0.25) is 0 Å². The van der Waals surface area contributed by atoms with Gasteiger partial charge in [0.1, 0.15) is 5.82 Å². The van der Waals surface area contributed by atoms with E-state index in [2.05, 4.69) is 35.8 Å². The summed E-state index contributed by atoms with van der Waals surface area (Å²) in [7, 11) is 4.07. The van der Waals surface area contributed by atoms with Gasteiger partial charge in [0.15, 0.2) is 0 Å². The van der Waals surface area contributed by atoms with E-state index in [1.165, 1.54) is 17.7 Å². The molecular weight excluding hydrogens is 382 g/mol. The third-order valence-corrected chi connectivity index (χ3v) is 7.41. The van der Waals surface area contributed by atoms with E-state index in [-0.39, 0.29) is 5.41 Å². The van der Waals surface area contributed by atoms with Crippen LogP contribution in [0.4, 0.5) is 5.82 Å². The maximum atomic E-state index is 12.3. The van der Waals surface area contributed by atoms with Crippen LogP contribution in [-0.4, -0.2) is 48.1 Å². The van der Waals surface area contributed by atoms with E-state index >= 15 is 0 Å². The molecule has 0 aromatic carbocycles. The fourth-order valence-corrected chi connectivity index (χ4v) is 5.93. The third-order valence-electron chi connectivity index (χ3n) is 6.09. The smallest absolute Gasteiger partial charge is 0.337 e. The lowest BCUT2D eigenvalue weighted by molar-refractivity contribution is 0.0696. The second-order valence-corrected chi connectivity index (χ2v) is 10.6. The molecule has 1 fully saturated rings.